The van der Waals surface area contributed by atoms with Crippen LogP contribution in [0.1, 0.15) is 5.56 Å². The summed E-state index contributed by atoms with van der Waals surface area (Å²) in [5.74, 6) is 0. The predicted molar refractivity (Wildman–Crippen MR) is 71.7 cm³/mol. The number of nitrogens with one attached hydrogen (secondary N) is 1. The van der Waals surface area contributed by atoms with Gasteiger partial charge in [0.15, 0.2) is 0 Å². The third kappa shape index (κ3) is 2.55. The number of piperazine rings is 1. The van der Waals surface area contributed by atoms with Gasteiger partial charge in [0.25, 0.3) is 0 Å². The maximum absolute atomic E-state index is 3.56. The average molecular weight is 334 g/mol. The Hall–Kier alpha value is -0.0600. The molecule has 2 nitrogen and oxygen atoms in total. The average Bonchev–Trinajstić information content (AvgIpc) is 2.25. The number of hydrogen-bond acceptors (Lipinski definition) is 2. The molecule has 1 saturated heterocycles. The Morgan fingerprint density at radius 3 is 2.40 bits per heavy atom. The number of aryl methyl sites for hydroxylation is 1. The van der Waals surface area contributed by atoms with Crippen molar-refractivity contribution < 1.29 is 0 Å². The highest BCUT2D eigenvalue weighted by molar-refractivity contribution is 9.13. The van der Waals surface area contributed by atoms with Crippen molar-refractivity contribution in [1.82, 2.24) is 5.32 Å². The summed E-state index contributed by atoms with van der Waals surface area (Å²) in [7, 11) is 0. The summed E-state index contributed by atoms with van der Waals surface area (Å²) in [5.41, 5.74) is 2.67. The molecule has 0 unspecified atom stereocenters. The highest BCUT2D eigenvalue weighted by Crippen LogP contribution is 2.31. The Balaban J connectivity index is 2.30. The van der Waals surface area contributed by atoms with Crippen LogP contribution in [0.2, 0.25) is 0 Å². The first kappa shape index (κ1) is 11.4. The lowest BCUT2D eigenvalue weighted by molar-refractivity contribution is 0.588. The van der Waals surface area contributed by atoms with Crippen molar-refractivity contribution in [3.63, 3.8) is 0 Å². The lowest BCUT2D eigenvalue weighted by atomic mass is 10.1. The molecule has 1 heterocycles. The second-order valence-electron chi connectivity index (χ2n) is 3.79. The van der Waals surface area contributed by atoms with Gasteiger partial charge in [-0.05, 0) is 56.5 Å². The van der Waals surface area contributed by atoms with Gasteiger partial charge in [0.1, 0.15) is 0 Å². The van der Waals surface area contributed by atoms with Crippen molar-refractivity contribution in [2.45, 2.75) is 6.92 Å². The number of anilines is 1. The van der Waals surface area contributed by atoms with Crippen LogP contribution in [0.15, 0.2) is 21.1 Å². The van der Waals surface area contributed by atoms with E-state index in [1.54, 1.807) is 0 Å². The maximum atomic E-state index is 3.56. The van der Waals surface area contributed by atoms with Crippen LogP contribution in [0.3, 0.4) is 0 Å². The minimum Gasteiger partial charge on any atom is -0.369 e. The van der Waals surface area contributed by atoms with Crippen molar-refractivity contribution in [3.8, 4) is 0 Å². The van der Waals surface area contributed by atoms with Gasteiger partial charge in [-0.25, -0.2) is 0 Å². The Labute approximate surface area is 107 Å². The fraction of sp³-hybridized carbons (Fsp3) is 0.455. The number of nitrogens with zero attached hydrogens (tertiary/aromatic N) is 1. The largest absolute Gasteiger partial charge is 0.369 e. The Kier molecular flexibility index (Phi) is 3.69. The lowest BCUT2D eigenvalue weighted by Gasteiger charge is -2.31. The molecule has 1 fully saturated rings. The minimum atomic E-state index is 1.08. The summed E-state index contributed by atoms with van der Waals surface area (Å²) in [4.78, 5) is 2.43. The number of benzene rings is 1. The first-order chi connectivity index (χ1) is 7.18. The van der Waals surface area contributed by atoms with Gasteiger partial charge < -0.3 is 10.2 Å². The van der Waals surface area contributed by atoms with E-state index in [4.69, 9.17) is 0 Å². The Morgan fingerprint density at radius 1 is 1.13 bits per heavy atom. The van der Waals surface area contributed by atoms with Crippen LogP contribution in [0.25, 0.3) is 0 Å². The van der Waals surface area contributed by atoms with E-state index in [1.807, 2.05) is 0 Å². The second-order valence-corrected chi connectivity index (χ2v) is 5.50. The summed E-state index contributed by atoms with van der Waals surface area (Å²) in [5, 5.41) is 3.37. The normalized spacial score (nSPS) is 16.9. The van der Waals surface area contributed by atoms with Crippen molar-refractivity contribution in [2.75, 3.05) is 31.1 Å². The number of rotatable bonds is 1. The predicted octanol–water partition coefficient (Wildman–Crippen LogP) is 2.93. The molecule has 4 heteroatoms. The van der Waals surface area contributed by atoms with E-state index in [0.717, 1.165) is 35.1 Å². The first-order valence-corrected chi connectivity index (χ1v) is 6.68. The van der Waals surface area contributed by atoms with E-state index >= 15 is 0 Å². The summed E-state index contributed by atoms with van der Waals surface area (Å²) >= 11 is 7.08. The van der Waals surface area contributed by atoms with Crippen LogP contribution >= 0.6 is 31.9 Å². The molecule has 2 rings (SSSR count). The molecule has 0 saturated carbocycles. The topological polar surface area (TPSA) is 15.3 Å². The van der Waals surface area contributed by atoms with Crippen LogP contribution in [0, 0.1) is 6.92 Å². The molecular weight excluding hydrogens is 320 g/mol. The van der Waals surface area contributed by atoms with E-state index < -0.39 is 0 Å². The molecule has 0 bridgehead atoms. The van der Waals surface area contributed by atoms with Gasteiger partial charge in [0.05, 0.1) is 0 Å². The molecule has 0 aliphatic carbocycles. The van der Waals surface area contributed by atoms with Gasteiger partial charge >= 0.3 is 0 Å². The summed E-state index contributed by atoms with van der Waals surface area (Å²) in [6.45, 7) is 6.50. The number of hydrogen-bond donors (Lipinski definition) is 1. The Bertz CT molecular complexity index is 360. The summed E-state index contributed by atoms with van der Waals surface area (Å²) < 4.78 is 2.25. The molecule has 82 valence electrons. The van der Waals surface area contributed by atoms with E-state index in [0.29, 0.717) is 0 Å². The zero-order valence-corrected chi connectivity index (χ0v) is 11.9. The highest BCUT2D eigenvalue weighted by Gasteiger charge is 2.13. The summed E-state index contributed by atoms with van der Waals surface area (Å²) in [6.07, 6.45) is 0. The smallest absolute Gasteiger partial charge is 0.0408 e. The van der Waals surface area contributed by atoms with E-state index in [2.05, 4.69) is 61.1 Å². The molecule has 15 heavy (non-hydrogen) atoms. The molecule has 1 aromatic rings. The number of halogens is 2. The molecule has 0 spiro atoms. The molecule has 1 N–H and O–H groups in total. The van der Waals surface area contributed by atoms with Crippen molar-refractivity contribution >= 4 is 37.5 Å². The van der Waals surface area contributed by atoms with Gasteiger partial charge in [-0.15, -0.1) is 0 Å². The van der Waals surface area contributed by atoms with Crippen LogP contribution in [0.5, 0.6) is 0 Å². The zero-order valence-electron chi connectivity index (χ0n) is 8.69. The molecule has 1 aliphatic heterocycles. The van der Waals surface area contributed by atoms with Gasteiger partial charge in [0.2, 0.25) is 0 Å². The van der Waals surface area contributed by atoms with Gasteiger partial charge in [-0.1, -0.05) is 0 Å². The van der Waals surface area contributed by atoms with Crippen LogP contribution in [-0.4, -0.2) is 26.2 Å². The molecule has 1 aromatic carbocycles. The minimum absolute atomic E-state index is 1.08. The lowest BCUT2D eigenvalue weighted by Crippen LogP contribution is -2.43. The molecule has 0 atom stereocenters. The standard InChI is InChI=1S/C11H14Br2N2/c1-8-6-9(12)10(13)7-11(8)15-4-2-14-3-5-15/h6-7,14H,2-5H2,1H3. The van der Waals surface area contributed by atoms with Gasteiger partial charge in [-0.3, -0.25) is 0 Å². The van der Waals surface area contributed by atoms with Crippen molar-refractivity contribution in [1.29, 1.82) is 0 Å². The van der Waals surface area contributed by atoms with Crippen LogP contribution < -0.4 is 10.2 Å². The third-order valence-electron chi connectivity index (χ3n) is 2.70. The molecule has 0 radical (unpaired) electrons. The van der Waals surface area contributed by atoms with Gasteiger partial charge in [-0.2, -0.15) is 0 Å². The first-order valence-electron chi connectivity index (χ1n) is 5.10. The van der Waals surface area contributed by atoms with Crippen molar-refractivity contribution in [2.24, 2.45) is 0 Å². The van der Waals surface area contributed by atoms with Crippen LogP contribution in [0.4, 0.5) is 5.69 Å². The Morgan fingerprint density at radius 2 is 1.73 bits per heavy atom. The van der Waals surface area contributed by atoms with Crippen LogP contribution in [-0.2, 0) is 0 Å². The van der Waals surface area contributed by atoms with E-state index in [-0.39, 0.29) is 0 Å². The van der Waals surface area contributed by atoms with E-state index in [1.165, 1.54) is 11.3 Å². The maximum Gasteiger partial charge on any atom is 0.0408 e. The van der Waals surface area contributed by atoms with Gasteiger partial charge in [0, 0.05) is 40.8 Å². The monoisotopic (exact) mass is 332 g/mol. The van der Waals surface area contributed by atoms with Crippen molar-refractivity contribution in [3.05, 3.63) is 26.6 Å². The quantitative estimate of drug-likeness (QED) is 0.850. The molecule has 0 amide bonds. The fourth-order valence-electron chi connectivity index (χ4n) is 1.88. The summed E-state index contributed by atoms with van der Waals surface area (Å²) in [6, 6.07) is 4.37. The molecule has 0 aromatic heterocycles. The molecule has 1 aliphatic rings. The highest BCUT2D eigenvalue weighted by atomic mass is 79.9. The second kappa shape index (κ2) is 4.85. The fourth-order valence-corrected chi connectivity index (χ4v) is 2.67. The zero-order chi connectivity index (χ0) is 10.8. The SMILES string of the molecule is Cc1cc(Br)c(Br)cc1N1CCNCC1. The molecular formula is C11H14Br2N2. The third-order valence-corrected chi connectivity index (χ3v) is 4.54. The van der Waals surface area contributed by atoms with E-state index in [9.17, 15) is 0 Å².